The summed E-state index contributed by atoms with van der Waals surface area (Å²) in [7, 11) is 0. The average molecular weight is 401 g/mol. The van der Waals surface area contributed by atoms with E-state index in [0.29, 0.717) is 12.3 Å². The van der Waals surface area contributed by atoms with Crippen molar-refractivity contribution in [3.63, 3.8) is 0 Å². The first-order chi connectivity index (χ1) is 13.5. The molecule has 3 aliphatic rings. The van der Waals surface area contributed by atoms with Crippen molar-refractivity contribution in [1.82, 2.24) is 0 Å². The molecule has 0 N–H and O–H groups in total. The molecule has 0 amide bonds. The van der Waals surface area contributed by atoms with Crippen molar-refractivity contribution in [2.24, 2.45) is 35.5 Å². The first-order valence-electron chi connectivity index (χ1n) is 12.4. The van der Waals surface area contributed by atoms with Crippen molar-refractivity contribution in [3.8, 4) is 0 Å². The Labute approximate surface area is 171 Å². The van der Waals surface area contributed by atoms with Crippen molar-refractivity contribution in [1.29, 1.82) is 0 Å². The van der Waals surface area contributed by atoms with Crippen molar-refractivity contribution in [2.75, 3.05) is 0 Å². The largest absolute Gasteiger partial charge is 0.247 e. The molecular formula is C25H43F3. The third-order valence-corrected chi connectivity index (χ3v) is 8.64. The van der Waals surface area contributed by atoms with E-state index in [1.165, 1.54) is 57.8 Å². The van der Waals surface area contributed by atoms with Crippen LogP contribution in [-0.2, 0) is 0 Å². The lowest BCUT2D eigenvalue weighted by Gasteiger charge is -2.44. The van der Waals surface area contributed by atoms with Crippen LogP contribution in [0.25, 0.3) is 0 Å². The lowest BCUT2D eigenvalue weighted by atomic mass is 9.63. The predicted octanol–water partition coefficient (Wildman–Crippen LogP) is 8.24. The minimum absolute atomic E-state index is 0.0573. The van der Waals surface area contributed by atoms with Gasteiger partial charge in [0.25, 0.3) is 0 Å². The van der Waals surface area contributed by atoms with Crippen LogP contribution in [0.1, 0.15) is 104 Å². The summed E-state index contributed by atoms with van der Waals surface area (Å²) < 4.78 is 43.8. The molecule has 0 aromatic heterocycles. The Morgan fingerprint density at radius 3 is 2.04 bits per heavy atom. The number of unbranched alkanes of at least 4 members (excludes halogenated alkanes) is 3. The van der Waals surface area contributed by atoms with Gasteiger partial charge in [0.15, 0.2) is 0 Å². The second-order valence-corrected chi connectivity index (χ2v) is 10.5. The molecule has 3 heteroatoms. The van der Waals surface area contributed by atoms with Gasteiger partial charge in [-0.15, -0.1) is 0 Å². The van der Waals surface area contributed by atoms with Gasteiger partial charge in [0.05, 0.1) is 0 Å². The fraction of sp³-hybridized carbons (Fsp3) is 1.00. The van der Waals surface area contributed by atoms with E-state index in [-0.39, 0.29) is 23.7 Å². The Morgan fingerprint density at radius 2 is 1.36 bits per heavy atom. The molecule has 7 atom stereocenters. The maximum absolute atomic E-state index is 15.1. The fourth-order valence-electron chi connectivity index (χ4n) is 6.67. The van der Waals surface area contributed by atoms with Gasteiger partial charge in [-0.05, 0) is 80.5 Å². The zero-order valence-electron chi connectivity index (χ0n) is 18.2. The second kappa shape index (κ2) is 10.7. The van der Waals surface area contributed by atoms with Crippen LogP contribution in [0.2, 0.25) is 0 Å². The molecule has 3 aliphatic carbocycles. The maximum Gasteiger partial charge on any atom is 0.134 e. The van der Waals surface area contributed by atoms with E-state index < -0.39 is 18.5 Å². The second-order valence-electron chi connectivity index (χ2n) is 10.5. The van der Waals surface area contributed by atoms with E-state index in [1.807, 2.05) is 6.92 Å². The molecule has 0 radical (unpaired) electrons. The lowest BCUT2D eigenvalue weighted by Crippen LogP contribution is -2.43. The predicted molar refractivity (Wildman–Crippen MR) is 112 cm³/mol. The van der Waals surface area contributed by atoms with Gasteiger partial charge in [0, 0.05) is 0 Å². The highest BCUT2D eigenvalue weighted by molar-refractivity contribution is 4.94. The first-order valence-corrected chi connectivity index (χ1v) is 12.4. The molecule has 0 spiro atoms. The van der Waals surface area contributed by atoms with Crippen molar-refractivity contribution >= 4 is 0 Å². The van der Waals surface area contributed by atoms with Crippen LogP contribution in [-0.4, -0.2) is 18.5 Å². The van der Waals surface area contributed by atoms with E-state index in [2.05, 4.69) is 6.92 Å². The van der Waals surface area contributed by atoms with Crippen LogP contribution in [0, 0.1) is 35.5 Å². The number of halogens is 3. The molecule has 3 saturated carbocycles. The molecule has 164 valence electrons. The summed E-state index contributed by atoms with van der Waals surface area (Å²) in [6.07, 6.45) is 11.9. The van der Waals surface area contributed by atoms with Gasteiger partial charge >= 0.3 is 0 Å². The summed E-state index contributed by atoms with van der Waals surface area (Å²) in [5, 5.41) is 0. The summed E-state index contributed by atoms with van der Waals surface area (Å²) in [5.74, 6) is 1.20. The van der Waals surface area contributed by atoms with Crippen molar-refractivity contribution < 1.29 is 13.2 Å². The van der Waals surface area contributed by atoms with E-state index >= 15 is 4.39 Å². The molecule has 0 aromatic carbocycles. The molecule has 0 aliphatic heterocycles. The summed E-state index contributed by atoms with van der Waals surface area (Å²) in [4.78, 5) is 0. The third kappa shape index (κ3) is 5.48. The molecule has 28 heavy (non-hydrogen) atoms. The Morgan fingerprint density at radius 1 is 0.679 bits per heavy atom. The van der Waals surface area contributed by atoms with E-state index in [1.54, 1.807) is 0 Å². The zero-order valence-corrected chi connectivity index (χ0v) is 18.2. The zero-order chi connectivity index (χ0) is 20.1. The number of rotatable bonds is 7. The molecule has 0 aromatic rings. The number of hydrogen-bond acceptors (Lipinski definition) is 0. The molecule has 0 nitrogen and oxygen atoms in total. The molecule has 3 rings (SSSR count). The quantitative estimate of drug-likeness (QED) is 0.377. The Balaban J connectivity index is 1.42. The van der Waals surface area contributed by atoms with Crippen LogP contribution in [0.3, 0.4) is 0 Å². The molecule has 0 heterocycles. The highest BCUT2D eigenvalue weighted by Crippen LogP contribution is 2.48. The summed E-state index contributed by atoms with van der Waals surface area (Å²) >= 11 is 0. The standard InChI is InChI=1S/C25H43F3/c1-3-4-5-6-7-18-9-11-19(12-10-18)21-15-13-20(16-23(21)26)22-14-8-17(2)24(27)25(22)28/h17-25H,3-16H2,1-2H3. The van der Waals surface area contributed by atoms with E-state index in [4.69, 9.17) is 0 Å². The molecular weight excluding hydrogens is 357 g/mol. The average Bonchev–Trinajstić information content (AvgIpc) is 2.70. The van der Waals surface area contributed by atoms with Crippen LogP contribution in [0.15, 0.2) is 0 Å². The van der Waals surface area contributed by atoms with Gasteiger partial charge in [-0.1, -0.05) is 58.8 Å². The number of hydrogen-bond donors (Lipinski definition) is 0. The highest BCUT2D eigenvalue weighted by atomic mass is 19.2. The van der Waals surface area contributed by atoms with Gasteiger partial charge in [-0.2, -0.15) is 0 Å². The van der Waals surface area contributed by atoms with Gasteiger partial charge < -0.3 is 0 Å². The molecule has 0 bridgehead atoms. The smallest absolute Gasteiger partial charge is 0.134 e. The van der Waals surface area contributed by atoms with Crippen molar-refractivity contribution in [2.45, 2.75) is 122 Å². The van der Waals surface area contributed by atoms with Gasteiger partial charge in [-0.3, -0.25) is 0 Å². The minimum Gasteiger partial charge on any atom is -0.247 e. The molecule has 0 saturated heterocycles. The Bertz CT molecular complexity index is 445. The van der Waals surface area contributed by atoms with Crippen LogP contribution in [0.5, 0.6) is 0 Å². The van der Waals surface area contributed by atoms with E-state index in [9.17, 15) is 8.78 Å². The molecule has 7 unspecified atom stereocenters. The fourth-order valence-corrected chi connectivity index (χ4v) is 6.67. The van der Waals surface area contributed by atoms with Crippen LogP contribution in [0.4, 0.5) is 13.2 Å². The van der Waals surface area contributed by atoms with Gasteiger partial charge in [-0.25, -0.2) is 13.2 Å². The highest BCUT2D eigenvalue weighted by Gasteiger charge is 2.45. The Kier molecular flexibility index (Phi) is 8.60. The third-order valence-electron chi connectivity index (χ3n) is 8.64. The first kappa shape index (κ1) is 22.5. The minimum atomic E-state index is -1.37. The lowest BCUT2D eigenvalue weighted by molar-refractivity contribution is -0.0279. The summed E-state index contributed by atoms with van der Waals surface area (Å²) in [5.41, 5.74) is 0. The monoisotopic (exact) mass is 400 g/mol. The Hall–Kier alpha value is -0.210. The van der Waals surface area contributed by atoms with Gasteiger partial charge in [0.2, 0.25) is 0 Å². The van der Waals surface area contributed by atoms with Gasteiger partial charge in [0.1, 0.15) is 18.5 Å². The number of alkyl halides is 3. The summed E-state index contributed by atoms with van der Waals surface area (Å²) in [6, 6.07) is 0. The maximum atomic E-state index is 15.1. The van der Waals surface area contributed by atoms with Crippen molar-refractivity contribution in [3.05, 3.63) is 0 Å². The topological polar surface area (TPSA) is 0 Å². The summed E-state index contributed by atoms with van der Waals surface area (Å²) in [6.45, 7) is 4.06. The van der Waals surface area contributed by atoms with Crippen LogP contribution < -0.4 is 0 Å². The van der Waals surface area contributed by atoms with E-state index in [0.717, 1.165) is 31.6 Å². The van der Waals surface area contributed by atoms with Crippen LogP contribution >= 0.6 is 0 Å². The SMILES string of the molecule is CCCCCCC1CCC(C2CCC(C3CCC(C)C(F)C3F)CC2F)CC1. The normalized spacial score (nSPS) is 45.1. The molecule has 3 fully saturated rings.